The molecule has 0 bridgehead atoms. The Morgan fingerprint density at radius 2 is 0.421 bits per heavy atom. The molecule has 4 atom stereocenters. The third kappa shape index (κ3) is 42.3. The van der Waals surface area contributed by atoms with Crippen molar-refractivity contribution in [3.05, 3.63) is 0 Å². The maximum atomic E-state index is 7.76. The van der Waals surface area contributed by atoms with Crippen molar-refractivity contribution in [2.24, 2.45) is 0 Å². The van der Waals surface area contributed by atoms with Gasteiger partial charge >= 0.3 is 43.5 Å². The SMILES string of the molecule is CCCCCCCCSCC[Si](C)(OC)O[Si](CCSCCCCCCCC)(OC)O[Si](CCSCCCCCCCC)(OC)O[Si](CCSCCCCCCCC)(OC)O[Si](C)(CCSCCCCCCCC)OC. The first kappa shape index (κ1) is 78.5. The van der Waals surface area contributed by atoms with Crippen LogP contribution in [0.15, 0.2) is 0 Å². The topological polar surface area (TPSA) is 83.1 Å². The van der Waals surface area contributed by atoms with Gasteiger partial charge in [-0.3, -0.25) is 0 Å². The highest BCUT2D eigenvalue weighted by Gasteiger charge is 2.61. The Bertz CT molecular complexity index is 1170. The molecule has 0 rings (SSSR count). The molecule has 0 heterocycles. The highest BCUT2D eigenvalue weighted by Crippen LogP contribution is 2.37. The molecule has 0 aliphatic rings. The van der Waals surface area contributed by atoms with E-state index in [0.717, 1.165) is 58.1 Å². The second-order valence-corrected chi connectivity index (χ2v) is 44.0. The van der Waals surface area contributed by atoms with Gasteiger partial charge in [-0.25, -0.2) is 0 Å². The summed E-state index contributed by atoms with van der Waals surface area (Å²) in [5.74, 6) is 10.3. The van der Waals surface area contributed by atoms with Crippen LogP contribution >= 0.6 is 58.8 Å². The highest BCUT2D eigenvalue weighted by atomic mass is 32.2. The van der Waals surface area contributed by atoms with Crippen molar-refractivity contribution in [2.75, 3.05) is 93.1 Å². The predicted molar refractivity (Wildman–Crippen MR) is 357 cm³/mol. The van der Waals surface area contributed by atoms with Crippen LogP contribution in [-0.2, 0) is 38.6 Å². The lowest BCUT2D eigenvalue weighted by Gasteiger charge is -2.45. The third-order valence-electron chi connectivity index (χ3n) is 14.4. The van der Waals surface area contributed by atoms with E-state index in [-0.39, 0.29) is 0 Å². The molecule has 0 N–H and O–H groups in total. The molecule has 0 spiro atoms. The monoisotopic (exact) mass is 1250 g/mol. The molecule has 76 heavy (non-hydrogen) atoms. The van der Waals surface area contributed by atoms with Gasteiger partial charge in [-0.1, -0.05) is 195 Å². The number of hydrogen-bond acceptors (Lipinski definition) is 14. The zero-order valence-electron chi connectivity index (χ0n) is 52.0. The van der Waals surface area contributed by atoms with E-state index in [2.05, 4.69) is 47.7 Å². The minimum atomic E-state index is -3.70. The summed E-state index contributed by atoms with van der Waals surface area (Å²) in [5.41, 5.74) is 0. The summed E-state index contributed by atoms with van der Waals surface area (Å²) < 4.78 is 64.1. The normalized spacial score (nSPS) is 16.1. The first-order valence-electron chi connectivity index (χ1n) is 31.4. The summed E-state index contributed by atoms with van der Waals surface area (Å²) in [7, 11) is -7.34. The van der Waals surface area contributed by atoms with Gasteiger partial charge in [-0.05, 0) is 115 Å². The largest absolute Gasteiger partial charge is 0.486 e. The van der Waals surface area contributed by atoms with Gasteiger partial charge in [0.2, 0.25) is 0 Å². The molecule has 0 aliphatic heterocycles. The molecule has 4 unspecified atom stereocenters. The molecule has 0 aromatic rings. The van der Waals surface area contributed by atoms with Crippen LogP contribution in [0, 0.1) is 0 Å². The van der Waals surface area contributed by atoms with E-state index in [1.54, 1.807) is 21.3 Å². The van der Waals surface area contributed by atoms with Gasteiger partial charge in [0.25, 0.3) is 0 Å². The quantitative estimate of drug-likeness (QED) is 0.0428. The maximum Gasteiger partial charge on any atom is 0.486 e. The molecule has 0 saturated heterocycles. The summed E-state index contributed by atoms with van der Waals surface area (Å²) in [6.45, 7) is 15.9. The van der Waals surface area contributed by atoms with Gasteiger partial charge in [0, 0.05) is 53.7 Å². The number of thioether (sulfide) groups is 5. The average molecular weight is 1260 g/mol. The predicted octanol–water partition coefficient (Wildman–Crippen LogP) is 19.7. The van der Waals surface area contributed by atoms with Gasteiger partial charge < -0.3 is 38.6 Å². The number of rotatable bonds is 63. The maximum absolute atomic E-state index is 7.76. The minimum Gasteiger partial charge on any atom is -0.398 e. The molecular formula is C57H126O9S5Si5. The lowest BCUT2D eigenvalue weighted by Crippen LogP contribution is -2.67. The van der Waals surface area contributed by atoms with Crippen molar-refractivity contribution in [2.45, 2.75) is 271 Å². The van der Waals surface area contributed by atoms with Crippen molar-refractivity contribution in [3.8, 4) is 0 Å². The second kappa shape index (κ2) is 54.1. The Hall–Kier alpha value is 2.47. The fourth-order valence-electron chi connectivity index (χ4n) is 8.99. The molecular weight excluding hydrogens is 1130 g/mol. The Morgan fingerprint density at radius 3 is 0.632 bits per heavy atom. The van der Waals surface area contributed by atoms with E-state index >= 15 is 0 Å². The lowest BCUT2D eigenvalue weighted by molar-refractivity contribution is 0.0839. The van der Waals surface area contributed by atoms with Gasteiger partial charge in [0.1, 0.15) is 0 Å². The summed E-state index contributed by atoms with van der Waals surface area (Å²) in [5, 5.41) is 0. The van der Waals surface area contributed by atoms with E-state index in [1.165, 1.54) is 204 Å². The smallest absolute Gasteiger partial charge is 0.398 e. The van der Waals surface area contributed by atoms with Gasteiger partial charge in [0.15, 0.2) is 0 Å². The van der Waals surface area contributed by atoms with Crippen LogP contribution in [0.4, 0.5) is 0 Å². The zero-order valence-corrected chi connectivity index (χ0v) is 61.1. The zero-order chi connectivity index (χ0) is 56.2. The van der Waals surface area contributed by atoms with Crippen molar-refractivity contribution in [1.29, 1.82) is 0 Å². The summed E-state index contributed by atoms with van der Waals surface area (Å²) in [4.78, 5) is 0. The molecule has 0 amide bonds. The molecule has 0 aromatic heterocycles. The van der Waals surface area contributed by atoms with Crippen molar-refractivity contribution >= 4 is 102 Å². The summed E-state index contributed by atoms with van der Waals surface area (Å²) in [6, 6.07) is 3.64. The molecule has 19 heteroatoms. The molecule has 0 fully saturated rings. The molecule has 0 aromatic carbocycles. The van der Waals surface area contributed by atoms with Crippen LogP contribution in [0.25, 0.3) is 0 Å². The number of hydrogen-bond donors (Lipinski definition) is 0. The summed E-state index contributed by atoms with van der Waals surface area (Å²) in [6.07, 6.45) is 39.0. The van der Waals surface area contributed by atoms with Crippen LogP contribution < -0.4 is 0 Å². The Morgan fingerprint density at radius 1 is 0.224 bits per heavy atom. The van der Waals surface area contributed by atoms with E-state index in [9.17, 15) is 0 Å². The average Bonchev–Trinajstić information content (AvgIpc) is 3.42. The first-order chi connectivity index (χ1) is 36.9. The minimum absolute atomic E-state index is 0.613. The molecule has 0 aliphatic carbocycles. The fourth-order valence-corrected chi connectivity index (χ4v) is 38.5. The van der Waals surface area contributed by atoms with Crippen molar-refractivity contribution < 1.29 is 38.6 Å². The highest BCUT2D eigenvalue weighted by molar-refractivity contribution is 8.00. The van der Waals surface area contributed by atoms with Crippen LogP contribution in [0.3, 0.4) is 0 Å². The van der Waals surface area contributed by atoms with Crippen molar-refractivity contribution in [3.63, 3.8) is 0 Å². The Labute approximate surface area is 500 Å². The third-order valence-corrected chi connectivity index (χ3v) is 41.0. The van der Waals surface area contributed by atoms with E-state index in [1.807, 2.05) is 73.0 Å². The van der Waals surface area contributed by atoms with Crippen LogP contribution in [-0.4, -0.2) is 137 Å². The van der Waals surface area contributed by atoms with Gasteiger partial charge in [-0.15, -0.1) is 0 Å². The lowest BCUT2D eigenvalue weighted by atomic mass is 10.1. The Balaban J connectivity index is 7.13. The van der Waals surface area contributed by atoms with Crippen LogP contribution in [0.1, 0.15) is 227 Å². The van der Waals surface area contributed by atoms with Crippen molar-refractivity contribution in [1.82, 2.24) is 0 Å². The fraction of sp³-hybridized carbons (Fsp3) is 1.00. The van der Waals surface area contributed by atoms with Gasteiger partial charge in [-0.2, -0.15) is 58.8 Å². The first-order valence-corrected chi connectivity index (χ1v) is 48.0. The number of unbranched alkanes of at least 4 members (excludes halogenated alkanes) is 25. The van der Waals surface area contributed by atoms with Gasteiger partial charge in [0.05, 0.1) is 0 Å². The second-order valence-electron chi connectivity index (χ2n) is 21.4. The van der Waals surface area contributed by atoms with Crippen LogP contribution in [0.2, 0.25) is 43.3 Å². The molecule has 9 nitrogen and oxygen atoms in total. The standard InChI is InChI=1S/C57H126O9S5Si5/c1-13-18-23-28-33-38-43-67-48-53-72(11,58-6)63-74(60-8,55-50-69-45-40-35-30-25-20-15-3)65-76(62-10,57-52-71-47-42-37-32-27-22-17-5)66-75(61-9,56-51-70-46-41-36-31-26-21-16-4)64-73(12,59-7)54-49-68-44-39-34-29-24-19-14-2/h13-57H2,1-12H3. The molecule has 0 radical (unpaired) electrons. The van der Waals surface area contributed by atoms with E-state index < -0.39 is 43.5 Å². The Kier molecular flexibility index (Phi) is 55.9. The molecule has 0 saturated carbocycles. The van der Waals surface area contributed by atoms with E-state index in [0.29, 0.717) is 18.1 Å². The van der Waals surface area contributed by atoms with Crippen LogP contribution in [0.5, 0.6) is 0 Å². The van der Waals surface area contributed by atoms with E-state index in [4.69, 9.17) is 38.6 Å². The molecule has 458 valence electrons. The summed E-state index contributed by atoms with van der Waals surface area (Å²) >= 11 is 10.1.